The molecule has 0 unspecified atom stereocenters. The molecule has 1 aliphatic heterocycles. The summed E-state index contributed by atoms with van der Waals surface area (Å²) in [5.74, 6) is 0.357. The van der Waals surface area contributed by atoms with E-state index >= 15 is 0 Å². The molecule has 0 spiro atoms. The Kier molecular flexibility index (Phi) is 3.85. The molecule has 2 aromatic rings. The van der Waals surface area contributed by atoms with Gasteiger partial charge < -0.3 is 4.74 Å². The minimum Gasteiger partial charge on any atom is -0.426 e. The molecule has 0 saturated carbocycles. The van der Waals surface area contributed by atoms with Gasteiger partial charge in [0.05, 0.1) is 6.54 Å². The first-order valence-corrected chi connectivity index (χ1v) is 7.25. The normalized spacial score (nSPS) is 14.1. The molecule has 2 aromatic carbocycles. The van der Waals surface area contributed by atoms with Crippen LogP contribution in [-0.2, 0) is 17.9 Å². The van der Waals surface area contributed by atoms with E-state index in [2.05, 4.69) is 33.0 Å². The van der Waals surface area contributed by atoms with Crippen LogP contribution in [0, 0.1) is 0 Å². The van der Waals surface area contributed by atoms with E-state index in [-0.39, 0.29) is 5.97 Å². The summed E-state index contributed by atoms with van der Waals surface area (Å²) in [7, 11) is 0. The molecule has 0 saturated heterocycles. The maximum absolute atomic E-state index is 11.9. The molecular formula is C16H14BrNO2. The first kappa shape index (κ1) is 13.3. The molecule has 0 amide bonds. The molecule has 3 nitrogen and oxygen atoms in total. The van der Waals surface area contributed by atoms with Gasteiger partial charge >= 0.3 is 5.97 Å². The van der Waals surface area contributed by atoms with E-state index in [0.29, 0.717) is 12.3 Å². The summed E-state index contributed by atoms with van der Waals surface area (Å²) in [6, 6.07) is 15.5. The van der Waals surface area contributed by atoms with E-state index in [0.717, 1.165) is 17.6 Å². The zero-order chi connectivity index (χ0) is 13.9. The van der Waals surface area contributed by atoms with Crippen LogP contribution in [0.4, 0.5) is 0 Å². The maximum atomic E-state index is 11.9. The van der Waals surface area contributed by atoms with E-state index in [4.69, 9.17) is 4.74 Å². The Morgan fingerprint density at radius 2 is 1.65 bits per heavy atom. The predicted octanol–water partition coefficient (Wildman–Crippen LogP) is 3.37. The number of rotatable bonds is 3. The molecule has 0 aromatic heterocycles. The molecule has 0 bridgehead atoms. The summed E-state index contributed by atoms with van der Waals surface area (Å²) >= 11 is 3.35. The predicted molar refractivity (Wildman–Crippen MR) is 80.3 cm³/mol. The maximum Gasteiger partial charge on any atom is 0.325 e. The number of ether oxygens (including phenoxy) is 1. The number of halogens is 1. The molecule has 1 aliphatic rings. The highest BCUT2D eigenvalue weighted by Gasteiger charge is 2.21. The van der Waals surface area contributed by atoms with Gasteiger partial charge in [0, 0.05) is 17.6 Å². The second-order valence-electron chi connectivity index (χ2n) is 4.84. The minimum absolute atomic E-state index is 0.222. The average Bonchev–Trinajstić information content (AvgIpc) is 2.83. The number of nitrogens with zero attached hydrogens (tertiary/aromatic N) is 1. The van der Waals surface area contributed by atoms with Crippen LogP contribution in [0.5, 0.6) is 5.75 Å². The molecule has 4 heteroatoms. The fourth-order valence-electron chi connectivity index (χ4n) is 2.36. The number of benzene rings is 2. The lowest BCUT2D eigenvalue weighted by molar-refractivity contribution is -0.135. The third-order valence-electron chi connectivity index (χ3n) is 3.30. The third-order valence-corrected chi connectivity index (χ3v) is 3.83. The molecule has 0 N–H and O–H groups in total. The monoisotopic (exact) mass is 331 g/mol. The van der Waals surface area contributed by atoms with Crippen LogP contribution >= 0.6 is 15.9 Å². The van der Waals surface area contributed by atoms with Crippen LogP contribution in [0.1, 0.15) is 11.1 Å². The second kappa shape index (κ2) is 5.77. The highest BCUT2D eigenvalue weighted by Crippen LogP contribution is 2.22. The van der Waals surface area contributed by atoms with Gasteiger partial charge in [0.2, 0.25) is 0 Å². The SMILES string of the molecule is O=C(CN1Cc2ccccc2C1)Oc1ccc(Br)cc1. The van der Waals surface area contributed by atoms with Crippen molar-refractivity contribution in [2.45, 2.75) is 13.1 Å². The van der Waals surface area contributed by atoms with E-state index in [1.54, 1.807) is 12.1 Å². The van der Waals surface area contributed by atoms with Gasteiger partial charge in [-0.3, -0.25) is 9.69 Å². The van der Waals surface area contributed by atoms with Crippen molar-refractivity contribution in [3.05, 3.63) is 64.1 Å². The first-order chi connectivity index (χ1) is 9.70. The van der Waals surface area contributed by atoms with Crippen molar-refractivity contribution in [3.8, 4) is 5.75 Å². The van der Waals surface area contributed by atoms with Gasteiger partial charge in [-0.05, 0) is 35.4 Å². The van der Waals surface area contributed by atoms with Gasteiger partial charge in [-0.15, -0.1) is 0 Å². The molecule has 0 atom stereocenters. The Balaban J connectivity index is 1.57. The average molecular weight is 332 g/mol. The molecular weight excluding hydrogens is 318 g/mol. The Morgan fingerprint density at radius 1 is 1.05 bits per heavy atom. The highest BCUT2D eigenvalue weighted by molar-refractivity contribution is 9.10. The Hall–Kier alpha value is -1.65. The lowest BCUT2D eigenvalue weighted by atomic mass is 10.1. The molecule has 102 valence electrons. The Bertz CT molecular complexity index is 600. The summed E-state index contributed by atoms with van der Waals surface area (Å²) in [5.41, 5.74) is 2.59. The van der Waals surface area contributed by atoms with Crippen LogP contribution in [0.25, 0.3) is 0 Å². The fraction of sp³-hybridized carbons (Fsp3) is 0.188. The lowest BCUT2D eigenvalue weighted by Crippen LogP contribution is -2.27. The fourth-order valence-corrected chi connectivity index (χ4v) is 2.63. The summed E-state index contributed by atoms with van der Waals surface area (Å²) in [6.07, 6.45) is 0. The second-order valence-corrected chi connectivity index (χ2v) is 5.76. The largest absolute Gasteiger partial charge is 0.426 e. The molecule has 0 fully saturated rings. The number of carbonyl (C=O) groups excluding carboxylic acids is 1. The van der Waals surface area contributed by atoms with Crippen molar-refractivity contribution in [2.75, 3.05) is 6.54 Å². The van der Waals surface area contributed by atoms with Crippen molar-refractivity contribution in [1.82, 2.24) is 4.90 Å². The van der Waals surface area contributed by atoms with E-state index < -0.39 is 0 Å². The zero-order valence-electron chi connectivity index (χ0n) is 10.9. The van der Waals surface area contributed by atoms with Crippen molar-refractivity contribution >= 4 is 21.9 Å². The number of hydrogen-bond acceptors (Lipinski definition) is 3. The number of carbonyl (C=O) groups is 1. The van der Waals surface area contributed by atoms with E-state index in [1.165, 1.54) is 11.1 Å². The lowest BCUT2D eigenvalue weighted by Gasteiger charge is -2.13. The van der Waals surface area contributed by atoms with E-state index in [9.17, 15) is 4.79 Å². The summed E-state index contributed by atoms with van der Waals surface area (Å²) in [6.45, 7) is 1.93. The van der Waals surface area contributed by atoms with Crippen molar-refractivity contribution in [1.29, 1.82) is 0 Å². The van der Waals surface area contributed by atoms with Crippen LogP contribution in [0.3, 0.4) is 0 Å². The minimum atomic E-state index is -0.222. The number of hydrogen-bond donors (Lipinski definition) is 0. The van der Waals surface area contributed by atoms with Crippen molar-refractivity contribution in [3.63, 3.8) is 0 Å². The molecule has 20 heavy (non-hydrogen) atoms. The van der Waals surface area contributed by atoms with Crippen LogP contribution in [-0.4, -0.2) is 17.4 Å². The van der Waals surface area contributed by atoms with Gasteiger partial charge in [0.1, 0.15) is 5.75 Å². The third kappa shape index (κ3) is 3.08. The van der Waals surface area contributed by atoms with E-state index in [1.807, 2.05) is 24.3 Å². The summed E-state index contributed by atoms with van der Waals surface area (Å²) < 4.78 is 6.29. The standard InChI is InChI=1S/C16H14BrNO2/c17-14-5-7-15(8-6-14)20-16(19)11-18-9-12-3-1-2-4-13(12)10-18/h1-8H,9-11H2. The van der Waals surface area contributed by atoms with Crippen LogP contribution in [0.2, 0.25) is 0 Å². The molecule has 0 aliphatic carbocycles. The smallest absolute Gasteiger partial charge is 0.325 e. The van der Waals surface area contributed by atoms with Crippen molar-refractivity contribution < 1.29 is 9.53 Å². The van der Waals surface area contributed by atoms with Crippen molar-refractivity contribution in [2.24, 2.45) is 0 Å². The van der Waals surface area contributed by atoms with Gasteiger partial charge in [0.15, 0.2) is 0 Å². The van der Waals surface area contributed by atoms with Gasteiger partial charge in [0.25, 0.3) is 0 Å². The zero-order valence-corrected chi connectivity index (χ0v) is 12.5. The molecule has 1 heterocycles. The Morgan fingerprint density at radius 3 is 2.25 bits per heavy atom. The van der Waals surface area contributed by atoms with Gasteiger partial charge in [-0.1, -0.05) is 40.2 Å². The number of esters is 1. The summed E-state index contributed by atoms with van der Waals surface area (Å²) in [5, 5.41) is 0. The topological polar surface area (TPSA) is 29.5 Å². The van der Waals surface area contributed by atoms with Crippen LogP contribution < -0.4 is 4.74 Å². The highest BCUT2D eigenvalue weighted by atomic mass is 79.9. The quantitative estimate of drug-likeness (QED) is 0.638. The molecule has 3 rings (SSSR count). The summed E-state index contributed by atoms with van der Waals surface area (Å²) in [4.78, 5) is 14.0. The first-order valence-electron chi connectivity index (χ1n) is 6.46. The van der Waals surface area contributed by atoms with Gasteiger partial charge in [-0.2, -0.15) is 0 Å². The Labute approximate surface area is 126 Å². The molecule has 0 radical (unpaired) electrons. The van der Waals surface area contributed by atoms with Gasteiger partial charge in [-0.25, -0.2) is 0 Å². The van der Waals surface area contributed by atoms with Crippen LogP contribution in [0.15, 0.2) is 53.0 Å². The number of fused-ring (bicyclic) bond motifs is 1.